The highest BCUT2D eigenvalue weighted by molar-refractivity contribution is 5.99. The molecule has 20 heavy (non-hydrogen) atoms. The van der Waals surface area contributed by atoms with Crippen LogP contribution in [0.1, 0.15) is 31.1 Å². The monoisotopic (exact) mass is 291 g/mol. The van der Waals surface area contributed by atoms with Gasteiger partial charge in [0, 0.05) is 11.6 Å². The summed E-state index contributed by atoms with van der Waals surface area (Å²) in [4.78, 5) is 13.2. The average molecular weight is 291 g/mol. The van der Waals surface area contributed by atoms with Crippen molar-refractivity contribution in [2.24, 2.45) is 0 Å². The Kier molecular flexibility index (Phi) is 5.28. The number of alkyl halides is 3. The largest absolute Gasteiger partial charge is 0.401 e. The maximum Gasteiger partial charge on any atom is 0.401 e. The Morgan fingerprint density at radius 2 is 1.65 bits per heavy atom. The van der Waals surface area contributed by atoms with Crippen molar-refractivity contribution >= 4 is 5.78 Å². The fourth-order valence-electron chi connectivity index (χ4n) is 1.98. The molecule has 112 valence electrons. The Balaban J connectivity index is 2.91. The molecule has 0 aliphatic carbocycles. The van der Waals surface area contributed by atoms with E-state index in [-0.39, 0.29) is 5.56 Å². The van der Waals surface area contributed by atoms with Crippen LogP contribution in [0.4, 0.5) is 17.6 Å². The molecule has 0 aliphatic heterocycles. The van der Waals surface area contributed by atoms with Crippen LogP contribution in [0.3, 0.4) is 0 Å². The molecule has 1 rings (SSSR count). The molecule has 6 heteroatoms. The van der Waals surface area contributed by atoms with Crippen molar-refractivity contribution in [3.63, 3.8) is 0 Å². The van der Waals surface area contributed by atoms with E-state index in [1.807, 2.05) is 0 Å². The Labute approximate surface area is 115 Å². The zero-order valence-corrected chi connectivity index (χ0v) is 11.5. The molecule has 0 aromatic heterocycles. The van der Waals surface area contributed by atoms with Crippen molar-refractivity contribution in [3.05, 3.63) is 35.6 Å². The van der Waals surface area contributed by atoms with Crippen LogP contribution in [-0.2, 0) is 0 Å². The van der Waals surface area contributed by atoms with Crippen LogP contribution in [0, 0.1) is 5.82 Å². The number of Topliss-reactive ketones (excluding diaryl/α,β-unsaturated/α-hetero) is 1. The van der Waals surface area contributed by atoms with Crippen LogP contribution in [0.2, 0.25) is 0 Å². The van der Waals surface area contributed by atoms with Crippen LogP contribution in [0.25, 0.3) is 0 Å². The Hall–Kier alpha value is -1.43. The fraction of sp³-hybridized carbons (Fsp3) is 0.500. The van der Waals surface area contributed by atoms with Crippen LogP contribution in [0.15, 0.2) is 24.3 Å². The van der Waals surface area contributed by atoms with Crippen LogP contribution in [0.5, 0.6) is 0 Å². The van der Waals surface area contributed by atoms with E-state index in [1.54, 1.807) is 13.8 Å². The van der Waals surface area contributed by atoms with Gasteiger partial charge in [0.15, 0.2) is 5.78 Å². The van der Waals surface area contributed by atoms with Crippen molar-refractivity contribution in [2.45, 2.75) is 39.0 Å². The number of carbonyl (C=O) groups excluding carboxylic acids is 1. The lowest BCUT2D eigenvalue weighted by Crippen LogP contribution is -2.48. The minimum Gasteiger partial charge on any atom is -0.292 e. The molecular formula is C14H17F4NO. The van der Waals surface area contributed by atoms with Gasteiger partial charge in [-0.3, -0.25) is 9.69 Å². The number of hydrogen-bond donors (Lipinski definition) is 0. The van der Waals surface area contributed by atoms with E-state index in [0.29, 0.717) is 0 Å². The number of benzene rings is 1. The second-order valence-corrected chi connectivity index (χ2v) is 4.93. The third kappa shape index (κ3) is 4.59. The topological polar surface area (TPSA) is 20.3 Å². The predicted octanol–water partition coefficient (Wildman–Crippen LogP) is 3.67. The van der Waals surface area contributed by atoms with Gasteiger partial charge in [0.2, 0.25) is 0 Å². The first kappa shape index (κ1) is 16.6. The second-order valence-electron chi connectivity index (χ2n) is 4.93. The first-order valence-corrected chi connectivity index (χ1v) is 6.24. The van der Waals surface area contributed by atoms with E-state index >= 15 is 0 Å². The van der Waals surface area contributed by atoms with E-state index < -0.39 is 36.4 Å². The smallest absolute Gasteiger partial charge is 0.292 e. The molecule has 1 aromatic rings. The first-order chi connectivity index (χ1) is 9.11. The van der Waals surface area contributed by atoms with Gasteiger partial charge in [-0.05, 0) is 45.0 Å². The van der Waals surface area contributed by atoms with E-state index in [1.165, 1.54) is 19.1 Å². The van der Waals surface area contributed by atoms with Crippen LogP contribution in [-0.4, -0.2) is 35.5 Å². The van der Waals surface area contributed by atoms with E-state index in [0.717, 1.165) is 17.0 Å². The summed E-state index contributed by atoms with van der Waals surface area (Å²) in [6.45, 7) is 3.47. The number of nitrogens with zero attached hydrogens (tertiary/aromatic N) is 1. The number of rotatable bonds is 5. The fourth-order valence-corrected chi connectivity index (χ4v) is 1.98. The lowest BCUT2D eigenvalue weighted by molar-refractivity contribution is -0.152. The SMILES string of the molecule is CC(C)N(CC(F)(F)F)C(C)C(=O)c1ccc(F)cc1. The third-order valence-electron chi connectivity index (χ3n) is 3.03. The van der Waals surface area contributed by atoms with Gasteiger partial charge in [-0.2, -0.15) is 13.2 Å². The summed E-state index contributed by atoms with van der Waals surface area (Å²) in [6, 6.07) is 3.42. The van der Waals surface area contributed by atoms with E-state index in [4.69, 9.17) is 0 Å². The zero-order chi connectivity index (χ0) is 15.5. The first-order valence-electron chi connectivity index (χ1n) is 6.24. The van der Waals surface area contributed by atoms with Crippen molar-refractivity contribution in [3.8, 4) is 0 Å². The summed E-state index contributed by atoms with van der Waals surface area (Å²) in [5.74, 6) is -0.951. The van der Waals surface area contributed by atoms with E-state index in [9.17, 15) is 22.4 Å². The van der Waals surface area contributed by atoms with Gasteiger partial charge < -0.3 is 0 Å². The van der Waals surface area contributed by atoms with Gasteiger partial charge in [0.05, 0.1) is 12.6 Å². The minimum absolute atomic E-state index is 0.201. The van der Waals surface area contributed by atoms with Gasteiger partial charge in [-0.15, -0.1) is 0 Å². The average Bonchev–Trinajstić information content (AvgIpc) is 2.34. The standard InChI is InChI=1S/C14H17F4NO/c1-9(2)19(8-14(16,17)18)10(3)13(20)11-4-6-12(15)7-5-11/h4-7,9-10H,8H2,1-3H3. The van der Waals surface area contributed by atoms with E-state index in [2.05, 4.69) is 0 Å². The molecule has 0 saturated heterocycles. The van der Waals surface area contributed by atoms with Gasteiger partial charge >= 0.3 is 6.18 Å². The lowest BCUT2D eigenvalue weighted by atomic mass is 10.0. The Morgan fingerprint density at radius 3 is 2.05 bits per heavy atom. The number of ketones is 1. The highest BCUT2D eigenvalue weighted by Crippen LogP contribution is 2.21. The predicted molar refractivity (Wildman–Crippen MR) is 68.1 cm³/mol. The third-order valence-corrected chi connectivity index (χ3v) is 3.03. The number of carbonyl (C=O) groups is 1. The summed E-state index contributed by atoms with van der Waals surface area (Å²) in [6.07, 6.45) is -4.37. The molecule has 0 heterocycles. The van der Waals surface area contributed by atoms with Gasteiger partial charge in [-0.1, -0.05) is 0 Å². The molecule has 0 fully saturated rings. The molecule has 1 unspecified atom stereocenters. The van der Waals surface area contributed by atoms with Crippen molar-refractivity contribution in [2.75, 3.05) is 6.54 Å². The lowest BCUT2D eigenvalue weighted by Gasteiger charge is -2.32. The summed E-state index contributed by atoms with van der Waals surface area (Å²) in [5.41, 5.74) is 0.201. The maximum absolute atomic E-state index is 12.8. The van der Waals surface area contributed by atoms with Gasteiger partial charge in [0.1, 0.15) is 5.82 Å². The van der Waals surface area contributed by atoms with Gasteiger partial charge in [-0.25, -0.2) is 4.39 Å². The molecule has 0 radical (unpaired) electrons. The summed E-state index contributed by atoms with van der Waals surface area (Å²) < 4.78 is 50.4. The Bertz CT molecular complexity index is 453. The molecule has 2 nitrogen and oxygen atoms in total. The quantitative estimate of drug-likeness (QED) is 0.609. The molecule has 0 N–H and O–H groups in total. The van der Waals surface area contributed by atoms with Crippen LogP contribution >= 0.6 is 0 Å². The van der Waals surface area contributed by atoms with Crippen LogP contribution < -0.4 is 0 Å². The van der Waals surface area contributed by atoms with Gasteiger partial charge in [0.25, 0.3) is 0 Å². The normalized spacial score (nSPS) is 13.8. The van der Waals surface area contributed by atoms with Crippen molar-refractivity contribution in [1.82, 2.24) is 4.90 Å². The molecule has 0 amide bonds. The minimum atomic E-state index is -4.37. The summed E-state index contributed by atoms with van der Waals surface area (Å²) in [7, 11) is 0. The number of halogens is 4. The zero-order valence-electron chi connectivity index (χ0n) is 11.5. The number of hydrogen-bond acceptors (Lipinski definition) is 2. The van der Waals surface area contributed by atoms with Crippen molar-refractivity contribution < 1.29 is 22.4 Å². The highest BCUT2D eigenvalue weighted by Gasteiger charge is 2.36. The highest BCUT2D eigenvalue weighted by atomic mass is 19.4. The molecule has 1 atom stereocenters. The molecule has 0 aliphatic rings. The summed E-state index contributed by atoms with van der Waals surface area (Å²) >= 11 is 0. The molecule has 0 saturated carbocycles. The summed E-state index contributed by atoms with van der Waals surface area (Å²) in [5, 5.41) is 0. The van der Waals surface area contributed by atoms with Crippen molar-refractivity contribution in [1.29, 1.82) is 0 Å². The second kappa shape index (κ2) is 6.35. The Morgan fingerprint density at radius 1 is 1.15 bits per heavy atom. The molecule has 1 aromatic carbocycles. The molecule has 0 spiro atoms. The maximum atomic E-state index is 12.8. The molecular weight excluding hydrogens is 274 g/mol. The molecule has 0 bridgehead atoms.